The van der Waals surface area contributed by atoms with Gasteiger partial charge in [0.2, 0.25) is 0 Å². The molecule has 3 aromatic heterocycles. The first-order valence-corrected chi connectivity index (χ1v) is 6.83. The highest BCUT2D eigenvalue weighted by Crippen LogP contribution is 2.15. The van der Waals surface area contributed by atoms with Gasteiger partial charge in [0.15, 0.2) is 17.5 Å². The van der Waals surface area contributed by atoms with E-state index in [1.54, 1.807) is 12.4 Å². The molecule has 0 aliphatic rings. The van der Waals surface area contributed by atoms with Crippen LogP contribution >= 0.6 is 0 Å². The van der Waals surface area contributed by atoms with Gasteiger partial charge in [-0.1, -0.05) is 6.92 Å². The summed E-state index contributed by atoms with van der Waals surface area (Å²) < 4.78 is 14.0. The Morgan fingerprint density at radius 2 is 2.05 bits per heavy atom. The van der Waals surface area contributed by atoms with E-state index in [0.717, 1.165) is 5.56 Å². The van der Waals surface area contributed by atoms with Gasteiger partial charge in [-0.05, 0) is 18.6 Å². The first kappa shape index (κ1) is 14.1. The van der Waals surface area contributed by atoms with Gasteiger partial charge < -0.3 is 5.32 Å². The Labute approximate surface area is 126 Å². The lowest BCUT2D eigenvalue weighted by Crippen LogP contribution is -2.07. The van der Waals surface area contributed by atoms with Crippen LogP contribution in [0.3, 0.4) is 0 Å². The first-order chi connectivity index (χ1) is 10.8. The average molecular weight is 299 g/mol. The number of halogens is 1. The molecule has 0 aromatic carbocycles. The zero-order valence-corrected chi connectivity index (χ0v) is 11.9. The minimum absolute atomic E-state index is 0.161. The van der Waals surface area contributed by atoms with Crippen LogP contribution in [0.1, 0.15) is 18.4 Å². The summed E-state index contributed by atoms with van der Waals surface area (Å²) in [5.74, 6) is 0.882. The van der Waals surface area contributed by atoms with Crippen LogP contribution < -0.4 is 5.32 Å². The Balaban J connectivity index is 1.72. The van der Waals surface area contributed by atoms with E-state index in [1.807, 2.05) is 19.1 Å². The number of aromatic nitrogens is 6. The van der Waals surface area contributed by atoms with Crippen molar-refractivity contribution in [2.45, 2.75) is 19.9 Å². The van der Waals surface area contributed by atoms with Gasteiger partial charge in [0.05, 0.1) is 12.2 Å². The minimum atomic E-state index is -0.432. The van der Waals surface area contributed by atoms with Crippen LogP contribution in [0.4, 0.5) is 10.2 Å². The Morgan fingerprint density at radius 3 is 2.82 bits per heavy atom. The van der Waals surface area contributed by atoms with E-state index in [1.165, 1.54) is 6.33 Å². The van der Waals surface area contributed by atoms with Gasteiger partial charge in [0.1, 0.15) is 12.2 Å². The fraction of sp³-hybridized carbons (Fsp3) is 0.214. The van der Waals surface area contributed by atoms with E-state index in [4.69, 9.17) is 0 Å². The SMILES string of the molecule is CCc1ncnc(NCc2nc(-c3ccncc3)n[nH]2)c1F. The maximum absolute atomic E-state index is 14.0. The van der Waals surface area contributed by atoms with E-state index in [9.17, 15) is 4.39 Å². The molecule has 8 heteroatoms. The van der Waals surface area contributed by atoms with Crippen LogP contribution in [0.15, 0.2) is 30.9 Å². The number of anilines is 1. The van der Waals surface area contributed by atoms with Crippen molar-refractivity contribution in [1.29, 1.82) is 0 Å². The molecular formula is C14H14FN7. The second-order valence-electron chi connectivity index (χ2n) is 4.53. The number of H-pyrrole nitrogens is 1. The highest BCUT2D eigenvalue weighted by molar-refractivity contribution is 5.53. The lowest BCUT2D eigenvalue weighted by Gasteiger charge is -2.06. The molecule has 0 atom stereocenters. The van der Waals surface area contributed by atoms with Crippen molar-refractivity contribution in [3.05, 3.63) is 48.2 Å². The van der Waals surface area contributed by atoms with Crippen LogP contribution in [-0.2, 0) is 13.0 Å². The largest absolute Gasteiger partial charge is 0.360 e. The summed E-state index contributed by atoms with van der Waals surface area (Å²) in [5, 5.41) is 9.83. The highest BCUT2D eigenvalue weighted by atomic mass is 19.1. The van der Waals surface area contributed by atoms with Gasteiger partial charge in [0.25, 0.3) is 0 Å². The van der Waals surface area contributed by atoms with E-state index < -0.39 is 5.82 Å². The third kappa shape index (κ3) is 2.90. The molecule has 7 nitrogen and oxygen atoms in total. The molecular weight excluding hydrogens is 285 g/mol. The molecule has 0 spiro atoms. The quantitative estimate of drug-likeness (QED) is 0.748. The number of nitrogens with one attached hydrogen (secondary N) is 2. The van der Waals surface area contributed by atoms with Crippen molar-refractivity contribution in [1.82, 2.24) is 30.1 Å². The van der Waals surface area contributed by atoms with E-state index in [0.29, 0.717) is 23.8 Å². The van der Waals surface area contributed by atoms with Crippen LogP contribution in [0.25, 0.3) is 11.4 Å². The molecule has 0 unspecified atom stereocenters. The molecule has 0 radical (unpaired) electrons. The Kier molecular flexibility index (Phi) is 3.99. The molecule has 0 bridgehead atoms. The second-order valence-corrected chi connectivity index (χ2v) is 4.53. The zero-order chi connectivity index (χ0) is 15.4. The van der Waals surface area contributed by atoms with Gasteiger partial charge in [-0.2, -0.15) is 5.10 Å². The molecule has 3 rings (SSSR count). The fourth-order valence-corrected chi connectivity index (χ4v) is 1.95. The predicted octanol–water partition coefficient (Wildman–Crippen LogP) is 1.97. The number of aryl methyl sites for hydroxylation is 1. The summed E-state index contributed by atoms with van der Waals surface area (Å²) in [5.41, 5.74) is 1.24. The standard InChI is InChI=1S/C14H14FN7/c1-2-10-12(15)14(19-8-18-10)17-7-11-20-13(22-21-11)9-3-5-16-6-4-9/h3-6,8H,2,7H2,1H3,(H,17,18,19)(H,20,21,22). The lowest BCUT2D eigenvalue weighted by molar-refractivity contribution is 0.596. The van der Waals surface area contributed by atoms with Gasteiger partial charge >= 0.3 is 0 Å². The van der Waals surface area contributed by atoms with Gasteiger partial charge in [-0.3, -0.25) is 10.1 Å². The number of hydrogen-bond acceptors (Lipinski definition) is 6. The molecule has 0 saturated heterocycles. The third-order valence-corrected chi connectivity index (χ3v) is 3.09. The van der Waals surface area contributed by atoms with E-state index in [2.05, 4.69) is 35.5 Å². The molecule has 0 amide bonds. The van der Waals surface area contributed by atoms with Crippen LogP contribution in [0.5, 0.6) is 0 Å². The number of nitrogens with zero attached hydrogens (tertiary/aromatic N) is 5. The third-order valence-electron chi connectivity index (χ3n) is 3.09. The Hall–Kier alpha value is -2.90. The molecule has 22 heavy (non-hydrogen) atoms. The van der Waals surface area contributed by atoms with Crippen molar-refractivity contribution in [2.75, 3.05) is 5.32 Å². The van der Waals surface area contributed by atoms with Crippen LogP contribution in [0.2, 0.25) is 0 Å². The Bertz CT molecular complexity index is 757. The van der Waals surface area contributed by atoms with Gasteiger partial charge in [0, 0.05) is 18.0 Å². The fourth-order valence-electron chi connectivity index (χ4n) is 1.95. The molecule has 2 N–H and O–H groups in total. The second kappa shape index (κ2) is 6.25. The smallest absolute Gasteiger partial charge is 0.186 e. The lowest BCUT2D eigenvalue weighted by atomic mass is 10.2. The summed E-state index contributed by atoms with van der Waals surface area (Å²) in [4.78, 5) is 16.1. The van der Waals surface area contributed by atoms with Gasteiger partial charge in [-0.25, -0.2) is 19.3 Å². The van der Waals surface area contributed by atoms with Crippen LogP contribution in [-0.4, -0.2) is 30.1 Å². The molecule has 3 aromatic rings. The van der Waals surface area contributed by atoms with E-state index >= 15 is 0 Å². The highest BCUT2D eigenvalue weighted by Gasteiger charge is 2.10. The van der Waals surface area contributed by atoms with Crippen LogP contribution in [0, 0.1) is 5.82 Å². The molecule has 3 heterocycles. The minimum Gasteiger partial charge on any atom is -0.360 e. The number of pyridine rings is 1. The molecule has 0 aliphatic carbocycles. The first-order valence-electron chi connectivity index (χ1n) is 6.83. The van der Waals surface area contributed by atoms with Crippen molar-refractivity contribution >= 4 is 5.82 Å². The number of rotatable bonds is 5. The molecule has 0 fully saturated rings. The summed E-state index contributed by atoms with van der Waals surface area (Å²) in [6, 6.07) is 3.63. The zero-order valence-electron chi connectivity index (χ0n) is 11.9. The molecule has 112 valence electrons. The van der Waals surface area contributed by atoms with Gasteiger partial charge in [-0.15, -0.1) is 0 Å². The topological polar surface area (TPSA) is 92.3 Å². The summed E-state index contributed by atoms with van der Waals surface area (Å²) in [6.07, 6.45) is 5.20. The average Bonchev–Trinajstić information content (AvgIpc) is 3.04. The summed E-state index contributed by atoms with van der Waals surface area (Å²) in [6.45, 7) is 2.13. The predicted molar refractivity (Wildman–Crippen MR) is 78.3 cm³/mol. The maximum atomic E-state index is 14.0. The number of aromatic amines is 1. The summed E-state index contributed by atoms with van der Waals surface area (Å²) in [7, 11) is 0. The molecule has 0 saturated carbocycles. The normalized spacial score (nSPS) is 10.6. The van der Waals surface area contributed by atoms with E-state index in [-0.39, 0.29) is 12.4 Å². The Morgan fingerprint density at radius 1 is 1.23 bits per heavy atom. The van der Waals surface area contributed by atoms with Crippen molar-refractivity contribution in [3.63, 3.8) is 0 Å². The monoisotopic (exact) mass is 299 g/mol. The maximum Gasteiger partial charge on any atom is 0.186 e. The van der Waals surface area contributed by atoms with Crippen molar-refractivity contribution in [2.24, 2.45) is 0 Å². The van der Waals surface area contributed by atoms with Crippen molar-refractivity contribution in [3.8, 4) is 11.4 Å². The van der Waals surface area contributed by atoms with Crippen molar-refractivity contribution < 1.29 is 4.39 Å². The summed E-state index contributed by atoms with van der Waals surface area (Å²) >= 11 is 0. The number of hydrogen-bond donors (Lipinski definition) is 2. The molecule has 0 aliphatic heterocycles.